The van der Waals surface area contributed by atoms with E-state index >= 15 is 0 Å². The van der Waals surface area contributed by atoms with Crippen LogP contribution in [0, 0.1) is 0 Å². The molecule has 1 aromatic heterocycles. The maximum absolute atomic E-state index is 5.33. The van der Waals surface area contributed by atoms with Crippen LogP contribution >= 0.6 is 0 Å². The predicted octanol–water partition coefficient (Wildman–Crippen LogP) is 3.41. The van der Waals surface area contributed by atoms with Gasteiger partial charge in [0.1, 0.15) is 0 Å². The van der Waals surface area contributed by atoms with Gasteiger partial charge in [-0.15, -0.1) is 0 Å². The van der Waals surface area contributed by atoms with Gasteiger partial charge in [0.25, 0.3) is 11.8 Å². The Bertz CT molecular complexity index is 561. The van der Waals surface area contributed by atoms with Gasteiger partial charge in [-0.3, -0.25) is 0 Å². The number of hydrogen-bond acceptors (Lipinski definition) is 5. The van der Waals surface area contributed by atoms with Crippen LogP contribution in [0.1, 0.15) is 32.6 Å². The molecule has 0 amide bonds. The SMILES string of the molecule is CCCCN1CCC(Nc2noc(-c3ccccc3)n2)CC1. The molecule has 1 aliphatic heterocycles. The Morgan fingerprint density at radius 1 is 1.23 bits per heavy atom. The molecule has 0 radical (unpaired) electrons. The molecule has 22 heavy (non-hydrogen) atoms. The first-order valence-electron chi connectivity index (χ1n) is 8.23. The molecule has 1 aromatic carbocycles. The van der Waals surface area contributed by atoms with Gasteiger partial charge in [-0.05, 0) is 43.1 Å². The molecule has 5 nitrogen and oxygen atoms in total. The third-order valence-electron chi connectivity index (χ3n) is 4.20. The van der Waals surface area contributed by atoms with Crippen molar-refractivity contribution in [2.24, 2.45) is 0 Å². The highest BCUT2D eigenvalue weighted by Gasteiger charge is 2.20. The third kappa shape index (κ3) is 3.85. The van der Waals surface area contributed by atoms with Crippen molar-refractivity contribution in [2.45, 2.75) is 38.6 Å². The zero-order valence-corrected chi connectivity index (χ0v) is 13.2. The van der Waals surface area contributed by atoms with Crippen LogP contribution in [0.5, 0.6) is 0 Å². The van der Waals surface area contributed by atoms with E-state index in [0.717, 1.165) is 31.5 Å². The second-order valence-electron chi connectivity index (χ2n) is 5.90. The zero-order chi connectivity index (χ0) is 15.2. The summed E-state index contributed by atoms with van der Waals surface area (Å²) >= 11 is 0. The maximum Gasteiger partial charge on any atom is 0.263 e. The van der Waals surface area contributed by atoms with Crippen LogP contribution in [0.15, 0.2) is 34.9 Å². The highest BCUT2D eigenvalue weighted by molar-refractivity contribution is 5.53. The normalized spacial score (nSPS) is 16.8. The summed E-state index contributed by atoms with van der Waals surface area (Å²) in [7, 11) is 0. The average molecular weight is 300 g/mol. The van der Waals surface area contributed by atoms with Crippen LogP contribution < -0.4 is 5.32 Å². The smallest absolute Gasteiger partial charge is 0.263 e. The highest BCUT2D eigenvalue weighted by atomic mass is 16.5. The number of anilines is 1. The number of likely N-dealkylation sites (tertiary alicyclic amines) is 1. The van der Waals surface area contributed by atoms with Crippen molar-refractivity contribution in [3.8, 4) is 11.5 Å². The van der Waals surface area contributed by atoms with E-state index in [-0.39, 0.29) is 0 Å². The lowest BCUT2D eigenvalue weighted by atomic mass is 10.1. The summed E-state index contributed by atoms with van der Waals surface area (Å²) in [4.78, 5) is 6.99. The molecule has 1 N–H and O–H groups in total. The van der Waals surface area contributed by atoms with Crippen molar-refractivity contribution in [3.63, 3.8) is 0 Å². The molecule has 2 heterocycles. The average Bonchev–Trinajstić information content (AvgIpc) is 3.04. The standard InChI is InChI=1S/C17H24N4O/c1-2-3-11-21-12-9-15(10-13-21)18-17-19-16(22-20-17)14-7-5-4-6-8-14/h4-8,15H,2-3,9-13H2,1H3,(H,18,20). The molecule has 2 aromatic rings. The molecule has 0 bridgehead atoms. The van der Waals surface area contributed by atoms with Crippen molar-refractivity contribution in [1.82, 2.24) is 15.0 Å². The molecule has 1 aliphatic rings. The lowest BCUT2D eigenvalue weighted by molar-refractivity contribution is 0.216. The number of piperidine rings is 1. The van der Waals surface area contributed by atoms with Crippen LogP contribution in [0.25, 0.3) is 11.5 Å². The fourth-order valence-electron chi connectivity index (χ4n) is 2.85. The van der Waals surface area contributed by atoms with Crippen LogP contribution in [0.4, 0.5) is 5.95 Å². The minimum Gasteiger partial charge on any atom is -0.349 e. The number of rotatable bonds is 6. The quantitative estimate of drug-likeness (QED) is 0.886. The van der Waals surface area contributed by atoms with Crippen molar-refractivity contribution >= 4 is 5.95 Å². The predicted molar refractivity (Wildman–Crippen MR) is 87.7 cm³/mol. The summed E-state index contributed by atoms with van der Waals surface area (Å²) < 4.78 is 5.33. The number of nitrogens with zero attached hydrogens (tertiary/aromatic N) is 3. The Morgan fingerprint density at radius 3 is 2.73 bits per heavy atom. The van der Waals surface area contributed by atoms with E-state index in [4.69, 9.17) is 4.52 Å². The number of benzene rings is 1. The topological polar surface area (TPSA) is 54.2 Å². The molecule has 5 heteroatoms. The molecule has 0 atom stereocenters. The van der Waals surface area contributed by atoms with Gasteiger partial charge in [-0.25, -0.2) is 0 Å². The van der Waals surface area contributed by atoms with E-state index in [1.807, 2.05) is 30.3 Å². The molecular formula is C17H24N4O. The van der Waals surface area contributed by atoms with Gasteiger partial charge in [0, 0.05) is 24.7 Å². The molecule has 1 saturated heterocycles. The highest BCUT2D eigenvalue weighted by Crippen LogP contribution is 2.20. The molecule has 0 aliphatic carbocycles. The van der Waals surface area contributed by atoms with Crippen molar-refractivity contribution in [1.29, 1.82) is 0 Å². The number of nitrogens with one attached hydrogen (secondary N) is 1. The van der Waals surface area contributed by atoms with Gasteiger partial charge in [-0.1, -0.05) is 31.5 Å². The van der Waals surface area contributed by atoms with Crippen molar-refractivity contribution in [3.05, 3.63) is 30.3 Å². The van der Waals surface area contributed by atoms with Gasteiger partial charge in [0.05, 0.1) is 0 Å². The number of aromatic nitrogens is 2. The van der Waals surface area contributed by atoms with E-state index in [0.29, 0.717) is 17.9 Å². The number of hydrogen-bond donors (Lipinski definition) is 1. The molecular weight excluding hydrogens is 276 g/mol. The Balaban J connectivity index is 1.51. The molecule has 1 fully saturated rings. The van der Waals surface area contributed by atoms with E-state index in [1.165, 1.54) is 19.4 Å². The fourth-order valence-corrected chi connectivity index (χ4v) is 2.85. The van der Waals surface area contributed by atoms with E-state index in [1.54, 1.807) is 0 Å². The van der Waals surface area contributed by atoms with Crippen LogP contribution in [0.3, 0.4) is 0 Å². The largest absolute Gasteiger partial charge is 0.349 e. The summed E-state index contributed by atoms with van der Waals surface area (Å²) in [6.07, 6.45) is 4.84. The van der Waals surface area contributed by atoms with Crippen LogP contribution in [-0.4, -0.2) is 40.7 Å². The third-order valence-corrected chi connectivity index (χ3v) is 4.20. The minimum absolute atomic E-state index is 0.444. The molecule has 0 unspecified atom stereocenters. The Morgan fingerprint density at radius 2 is 2.00 bits per heavy atom. The minimum atomic E-state index is 0.444. The van der Waals surface area contributed by atoms with Gasteiger partial charge < -0.3 is 14.7 Å². The van der Waals surface area contributed by atoms with Gasteiger partial charge in [0.15, 0.2) is 0 Å². The first-order chi connectivity index (χ1) is 10.8. The zero-order valence-electron chi connectivity index (χ0n) is 13.2. The van der Waals surface area contributed by atoms with Crippen molar-refractivity contribution in [2.75, 3.05) is 25.0 Å². The van der Waals surface area contributed by atoms with Gasteiger partial charge in [0.2, 0.25) is 0 Å². The maximum atomic E-state index is 5.33. The first-order valence-corrected chi connectivity index (χ1v) is 8.23. The lowest BCUT2D eigenvalue weighted by Crippen LogP contribution is -2.39. The van der Waals surface area contributed by atoms with Gasteiger partial charge in [-0.2, -0.15) is 4.98 Å². The Hall–Kier alpha value is -1.88. The number of unbranched alkanes of at least 4 members (excludes halogenated alkanes) is 1. The summed E-state index contributed by atoms with van der Waals surface area (Å²) in [5, 5.41) is 7.45. The van der Waals surface area contributed by atoms with Crippen LogP contribution in [-0.2, 0) is 0 Å². The summed E-state index contributed by atoms with van der Waals surface area (Å²) in [6.45, 7) is 5.78. The second-order valence-corrected chi connectivity index (χ2v) is 5.90. The Kier molecular flexibility index (Phi) is 5.06. The van der Waals surface area contributed by atoms with E-state index in [9.17, 15) is 0 Å². The van der Waals surface area contributed by atoms with Crippen LogP contribution in [0.2, 0.25) is 0 Å². The summed E-state index contributed by atoms with van der Waals surface area (Å²) in [5.74, 6) is 1.18. The monoisotopic (exact) mass is 300 g/mol. The Labute approximate surface area is 131 Å². The van der Waals surface area contributed by atoms with Gasteiger partial charge >= 0.3 is 0 Å². The molecule has 3 rings (SSSR count). The lowest BCUT2D eigenvalue weighted by Gasteiger charge is -2.31. The molecule has 118 valence electrons. The summed E-state index contributed by atoms with van der Waals surface area (Å²) in [5.41, 5.74) is 0.956. The second kappa shape index (κ2) is 7.40. The fraction of sp³-hybridized carbons (Fsp3) is 0.529. The van der Waals surface area contributed by atoms with Crippen molar-refractivity contribution < 1.29 is 4.52 Å². The summed E-state index contributed by atoms with van der Waals surface area (Å²) in [6, 6.07) is 10.3. The molecule has 0 saturated carbocycles. The van der Waals surface area contributed by atoms with E-state index in [2.05, 4.69) is 27.3 Å². The first kappa shape index (κ1) is 15.0. The van der Waals surface area contributed by atoms with E-state index < -0.39 is 0 Å². The molecule has 0 spiro atoms.